The van der Waals surface area contributed by atoms with E-state index in [1.165, 1.54) is 0 Å². The number of nitrogens with zero attached hydrogens (tertiary/aromatic N) is 1. The van der Waals surface area contributed by atoms with Gasteiger partial charge in [-0.15, -0.1) is 0 Å². The van der Waals surface area contributed by atoms with Crippen LogP contribution in [-0.4, -0.2) is 52.6 Å². The van der Waals surface area contributed by atoms with Crippen LogP contribution in [0, 0.1) is 11.3 Å². The topological polar surface area (TPSA) is 44.0 Å². The molecule has 0 spiro atoms. The number of halogens is 6. The summed E-state index contributed by atoms with van der Waals surface area (Å²) in [4.78, 5) is 0. The average Bonchev–Trinajstić information content (AvgIpc) is 1.81. The predicted molar refractivity (Wildman–Crippen MR) is 29.8 cm³/mol. The molecule has 0 rings (SSSR count). The van der Waals surface area contributed by atoms with Crippen LogP contribution in [0.4, 0.5) is 26.3 Å². The standard InChI is InChI=1S/C4HF6NO.Na.H/c5-3(6,7)2(12,1-11)4(8,9)10;;/h12H;;. The Morgan fingerprint density at radius 3 is 1.15 bits per heavy atom. The Bertz CT molecular complexity index is 200. The number of rotatable bonds is 0. The molecule has 0 aromatic rings. The summed E-state index contributed by atoms with van der Waals surface area (Å²) in [5, 5.41) is 15.4. The molecule has 13 heavy (non-hydrogen) atoms. The summed E-state index contributed by atoms with van der Waals surface area (Å²) in [6.45, 7) is 0. The van der Waals surface area contributed by atoms with Crippen molar-refractivity contribution >= 4 is 29.6 Å². The minimum atomic E-state index is -6.04. The van der Waals surface area contributed by atoms with Gasteiger partial charge in [-0.3, -0.25) is 0 Å². The molecule has 0 saturated heterocycles. The van der Waals surface area contributed by atoms with Gasteiger partial charge in [-0.1, -0.05) is 0 Å². The first-order chi connectivity index (χ1) is 5.06. The number of hydrogen-bond acceptors (Lipinski definition) is 2. The van der Waals surface area contributed by atoms with Crippen molar-refractivity contribution in [2.24, 2.45) is 0 Å². The molecule has 0 atom stereocenters. The van der Waals surface area contributed by atoms with Gasteiger partial charge in [0.1, 0.15) is 6.07 Å². The molecule has 0 radical (unpaired) electrons. The van der Waals surface area contributed by atoms with Gasteiger partial charge in [0.25, 0.3) is 0 Å². The van der Waals surface area contributed by atoms with Gasteiger partial charge in [-0.25, -0.2) is 0 Å². The van der Waals surface area contributed by atoms with E-state index in [-0.39, 0.29) is 35.6 Å². The Morgan fingerprint density at radius 2 is 1.15 bits per heavy atom. The first-order valence-electron chi connectivity index (χ1n) is 2.33. The molecule has 1 N–H and O–H groups in total. The summed E-state index contributed by atoms with van der Waals surface area (Å²) in [6, 6.07) is -0.236. The molecular weight excluding hydrogens is 215 g/mol. The zero-order valence-corrected chi connectivity index (χ0v) is 5.16. The third kappa shape index (κ3) is 2.74. The number of aliphatic hydroxyl groups is 1. The molecule has 0 saturated carbocycles. The van der Waals surface area contributed by atoms with Crippen LogP contribution < -0.4 is 0 Å². The minimum absolute atomic E-state index is 0. The molecular formula is C4H2F6NNaO. The number of hydrogen-bond donors (Lipinski definition) is 1. The summed E-state index contributed by atoms with van der Waals surface area (Å²) >= 11 is 0. The van der Waals surface area contributed by atoms with Crippen molar-refractivity contribution in [2.45, 2.75) is 18.0 Å². The van der Waals surface area contributed by atoms with Gasteiger partial charge in [0, 0.05) is 0 Å². The van der Waals surface area contributed by atoms with Crippen molar-refractivity contribution in [1.29, 1.82) is 5.26 Å². The van der Waals surface area contributed by atoms with Gasteiger partial charge < -0.3 is 5.11 Å². The molecule has 72 valence electrons. The molecule has 0 bridgehead atoms. The van der Waals surface area contributed by atoms with E-state index in [0.29, 0.717) is 0 Å². The van der Waals surface area contributed by atoms with Crippen molar-refractivity contribution in [1.82, 2.24) is 0 Å². The fourth-order valence-electron chi connectivity index (χ4n) is 0.287. The zero-order valence-electron chi connectivity index (χ0n) is 5.16. The van der Waals surface area contributed by atoms with E-state index in [1.54, 1.807) is 0 Å². The second-order valence-corrected chi connectivity index (χ2v) is 1.82. The molecule has 0 fully saturated rings. The second-order valence-electron chi connectivity index (χ2n) is 1.82. The van der Waals surface area contributed by atoms with E-state index in [2.05, 4.69) is 0 Å². The number of alkyl halides is 6. The first kappa shape index (κ1) is 15.5. The normalized spacial score (nSPS) is 13.1. The van der Waals surface area contributed by atoms with Crippen molar-refractivity contribution in [3.63, 3.8) is 0 Å². The molecule has 0 aromatic heterocycles. The van der Waals surface area contributed by atoms with Crippen LogP contribution in [-0.2, 0) is 0 Å². The van der Waals surface area contributed by atoms with Crippen molar-refractivity contribution in [3.8, 4) is 6.07 Å². The molecule has 0 aliphatic heterocycles. The average molecular weight is 217 g/mol. The Balaban J connectivity index is 0. The van der Waals surface area contributed by atoms with Gasteiger partial charge in [0.2, 0.25) is 0 Å². The second kappa shape index (κ2) is 4.04. The van der Waals surface area contributed by atoms with Crippen LogP contribution in [0.2, 0.25) is 0 Å². The van der Waals surface area contributed by atoms with Crippen LogP contribution in [0.15, 0.2) is 0 Å². The van der Waals surface area contributed by atoms with Crippen LogP contribution in [0.5, 0.6) is 0 Å². The molecule has 0 aliphatic carbocycles. The van der Waals surface area contributed by atoms with Gasteiger partial charge in [0.05, 0.1) is 0 Å². The van der Waals surface area contributed by atoms with Crippen LogP contribution in [0.25, 0.3) is 0 Å². The molecule has 0 aromatic carbocycles. The molecule has 0 unspecified atom stereocenters. The Labute approximate surface area is 90.4 Å². The van der Waals surface area contributed by atoms with Gasteiger partial charge >= 0.3 is 47.5 Å². The van der Waals surface area contributed by atoms with Gasteiger partial charge in [-0.05, 0) is 0 Å². The molecule has 0 amide bonds. The molecule has 9 heteroatoms. The monoisotopic (exact) mass is 217 g/mol. The van der Waals surface area contributed by atoms with Crippen molar-refractivity contribution in [3.05, 3.63) is 0 Å². The van der Waals surface area contributed by atoms with Crippen LogP contribution in [0.3, 0.4) is 0 Å². The Kier molecular flexibility index (Phi) is 4.82. The molecule has 2 nitrogen and oxygen atoms in total. The summed E-state index contributed by atoms with van der Waals surface area (Å²) in [5.41, 5.74) is -5.28. The van der Waals surface area contributed by atoms with E-state index in [4.69, 9.17) is 10.4 Å². The molecule has 0 heterocycles. The SMILES string of the molecule is N#CC(O)(C(F)(F)F)C(F)(F)F.[NaH]. The van der Waals surface area contributed by atoms with Crippen molar-refractivity contribution in [2.75, 3.05) is 0 Å². The number of nitriles is 1. The van der Waals surface area contributed by atoms with Crippen LogP contribution >= 0.6 is 0 Å². The summed E-state index contributed by atoms with van der Waals surface area (Å²) in [7, 11) is 0. The first-order valence-corrected chi connectivity index (χ1v) is 2.33. The third-order valence-corrected chi connectivity index (χ3v) is 0.982. The fraction of sp³-hybridized carbons (Fsp3) is 0.750. The zero-order chi connectivity index (χ0) is 10.2. The summed E-state index contributed by atoms with van der Waals surface area (Å²) in [5.74, 6) is 0. The van der Waals surface area contributed by atoms with Gasteiger partial charge in [0.15, 0.2) is 0 Å². The third-order valence-electron chi connectivity index (χ3n) is 0.982. The predicted octanol–water partition coefficient (Wildman–Crippen LogP) is 0.717. The summed E-state index contributed by atoms with van der Waals surface area (Å²) < 4.78 is 68.4. The van der Waals surface area contributed by atoms with Crippen LogP contribution in [0.1, 0.15) is 0 Å². The Hall–Kier alpha value is 0.0300. The van der Waals surface area contributed by atoms with Gasteiger partial charge in [-0.2, -0.15) is 31.6 Å². The van der Waals surface area contributed by atoms with E-state index < -0.39 is 18.0 Å². The fourth-order valence-corrected chi connectivity index (χ4v) is 0.287. The van der Waals surface area contributed by atoms with Crippen molar-refractivity contribution < 1.29 is 31.4 Å². The van der Waals surface area contributed by atoms with E-state index in [1.807, 2.05) is 0 Å². The molecule has 0 aliphatic rings. The summed E-state index contributed by atoms with van der Waals surface area (Å²) in [6.07, 6.45) is -12.1. The maximum atomic E-state index is 11.4. The van der Waals surface area contributed by atoms with E-state index in [9.17, 15) is 26.3 Å². The maximum absolute atomic E-state index is 11.4. The quantitative estimate of drug-likeness (QED) is 0.369. The van der Waals surface area contributed by atoms with E-state index >= 15 is 0 Å². The van der Waals surface area contributed by atoms with E-state index in [0.717, 1.165) is 0 Å². The Morgan fingerprint density at radius 1 is 0.923 bits per heavy atom.